The third kappa shape index (κ3) is 9.77. The highest BCUT2D eigenvalue weighted by Crippen LogP contribution is 2.20. The maximum Gasteiger partial charge on any atom is 0.243 e. The number of unbranched alkanes of at least 4 members (excludes halogenated alkanes) is 2. The number of hydrogen-bond acceptors (Lipinski definition) is 6. The Morgan fingerprint density at radius 3 is 1.83 bits per heavy atom. The van der Waals surface area contributed by atoms with Crippen molar-refractivity contribution >= 4 is 17.7 Å². The van der Waals surface area contributed by atoms with Crippen LogP contribution in [0.2, 0.25) is 0 Å². The van der Waals surface area contributed by atoms with E-state index in [4.69, 9.17) is 22.9 Å². The Labute approximate surface area is 213 Å². The lowest BCUT2D eigenvalue weighted by Gasteiger charge is -2.23. The smallest absolute Gasteiger partial charge is 0.243 e. The number of nitrogens with one attached hydrogen (secondary N) is 2. The number of carbonyl (C=O) groups is 3. The number of nitrogens with two attached hydrogens (primary N) is 4. The van der Waals surface area contributed by atoms with Crippen LogP contribution in [0.15, 0.2) is 54.6 Å². The normalized spacial score (nSPS) is 13.4. The van der Waals surface area contributed by atoms with E-state index >= 15 is 0 Å². The van der Waals surface area contributed by atoms with Crippen LogP contribution >= 0.6 is 0 Å². The van der Waals surface area contributed by atoms with Gasteiger partial charge in [0.25, 0.3) is 0 Å². The van der Waals surface area contributed by atoms with Gasteiger partial charge in [-0.15, -0.1) is 0 Å². The first kappa shape index (κ1) is 29.0. The minimum absolute atomic E-state index is 0.233. The topological polar surface area (TPSA) is 179 Å². The van der Waals surface area contributed by atoms with Gasteiger partial charge in [-0.3, -0.25) is 14.4 Å². The van der Waals surface area contributed by atoms with Crippen LogP contribution < -0.4 is 33.6 Å². The molecule has 3 amide bonds. The average Bonchev–Trinajstić information content (AvgIpc) is 2.88. The molecular formula is C27H40N6O3. The van der Waals surface area contributed by atoms with Crippen LogP contribution in [-0.4, -0.2) is 48.9 Å². The van der Waals surface area contributed by atoms with Crippen LogP contribution in [0.1, 0.15) is 44.1 Å². The van der Waals surface area contributed by atoms with Crippen molar-refractivity contribution < 1.29 is 14.4 Å². The van der Waals surface area contributed by atoms with Crippen LogP contribution in [0, 0.1) is 0 Å². The Morgan fingerprint density at radius 1 is 0.694 bits per heavy atom. The van der Waals surface area contributed by atoms with Gasteiger partial charge in [0.15, 0.2) is 0 Å². The zero-order chi connectivity index (χ0) is 26.3. The molecule has 2 aromatic carbocycles. The zero-order valence-electron chi connectivity index (χ0n) is 20.8. The molecule has 0 aliphatic heterocycles. The minimum atomic E-state index is -0.919. The molecule has 0 aliphatic rings. The minimum Gasteiger partial charge on any atom is -0.368 e. The van der Waals surface area contributed by atoms with E-state index in [0.29, 0.717) is 45.2 Å². The van der Waals surface area contributed by atoms with E-state index in [1.807, 2.05) is 54.6 Å². The van der Waals surface area contributed by atoms with Gasteiger partial charge in [-0.05, 0) is 61.9 Å². The van der Waals surface area contributed by atoms with Crippen molar-refractivity contribution in [2.24, 2.45) is 22.9 Å². The number of amides is 3. The van der Waals surface area contributed by atoms with E-state index in [2.05, 4.69) is 10.6 Å². The van der Waals surface area contributed by atoms with E-state index in [9.17, 15) is 14.4 Å². The second-order valence-electron chi connectivity index (χ2n) is 8.97. The fourth-order valence-corrected chi connectivity index (χ4v) is 3.88. The highest BCUT2D eigenvalue weighted by atomic mass is 16.2. The van der Waals surface area contributed by atoms with Gasteiger partial charge in [-0.25, -0.2) is 0 Å². The van der Waals surface area contributed by atoms with Crippen LogP contribution in [0.3, 0.4) is 0 Å². The van der Waals surface area contributed by atoms with Crippen molar-refractivity contribution in [2.45, 2.75) is 63.1 Å². The lowest BCUT2D eigenvalue weighted by atomic mass is 9.99. The van der Waals surface area contributed by atoms with E-state index in [1.165, 1.54) is 0 Å². The number of primary amides is 1. The Bertz CT molecular complexity index is 952. The first-order valence-corrected chi connectivity index (χ1v) is 12.6. The van der Waals surface area contributed by atoms with Gasteiger partial charge in [0.2, 0.25) is 17.7 Å². The van der Waals surface area contributed by atoms with Gasteiger partial charge < -0.3 is 33.6 Å². The molecule has 0 bridgehead atoms. The number of rotatable bonds is 16. The van der Waals surface area contributed by atoms with Gasteiger partial charge in [0.1, 0.15) is 12.1 Å². The lowest BCUT2D eigenvalue weighted by Crippen LogP contribution is -2.56. The quantitative estimate of drug-likeness (QED) is 0.188. The summed E-state index contributed by atoms with van der Waals surface area (Å²) in [7, 11) is 0. The molecule has 196 valence electrons. The molecule has 0 aliphatic carbocycles. The SMILES string of the molecule is NCCCC[C@H](NC(=O)[C@H](Cc1ccc(-c2ccccc2)cc1)NC(=O)[C@@H](N)CCCCN)C(N)=O. The third-order valence-corrected chi connectivity index (χ3v) is 6.05. The Hall–Kier alpha value is -3.27. The summed E-state index contributed by atoms with van der Waals surface area (Å²) in [4.78, 5) is 37.9. The summed E-state index contributed by atoms with van der Waals surface area (Å²) in [6.45, 7) is 1.01. The van der Waals surface area contributed by atoms with Gasteiger partial charge in [-0.2, -0.15) is 0 Å². The maximum atomic E-state index is 13.2. The molecule has 0 fully saturated rings. The van der Waals surface area contributed by atoms with Crippen LogP contribution in [0.25, 0.3) is 11.1 Å². The first-order chi connectivity index (χ1) is 17.3. The summed E-state index contributed by atoms with van der Waals surface area (Å²) < 4.78 is 0. The monoisotopic (exact) mass is 496 g/mol. The molecule has 36 heavy (non-hydrogen) atoms. The summed E-state index contributed by atoms with van der Waals surface area (Å²) in [6, 6.07) is 15.2. The molecule has 0 unspecified atom stereocenters. The number of benzene rings is 2. The molecule has 3 atom stereocenters. The van der Waals surface area contributed by atoms with E-state index in [1.54, 1.807) is 0 Å². The lowest BCUT2D eigenvalue weighted by molar-refractivity contribution is -0.131. The molecule has 0 heterocycles. The van der Waals surface area contributed by atoms with Gasteiger partial charge in [0.05, 0.1) is 6.04 Å². The van der Waals surface area contributed by atoms with Crippen molar-refractivity contribution in [2.75, 3.05) is 13.1 Å². The zero-order valence-corrected chi connectivity index (χ0v) is 20.8. The Morgan fingerprint density at radius 2 is 1.25 bits per heavy atom. The Balaban J connectivity index is 2.15. The van der Waals surface area contributed by atoms with Crippen LogP contribution in [-0.2, 0) is 20.8 Å². The van der Waals surface area contributed by atoms with E-state index in [-0.39, 0.29) is 6.42 Å². The van der Waals surface area contributed by atoms with Crippen molar-refractivity contribution in [1.82, 2.24) is 10.6 Å². The average molecular weight is 497 g/mol. The highest BCUT2D eigenvalue weighted by molar-refractivity contribution is 5.92. The molecule has 9 nitrogen and oxygen atoms in total. The summed E-state index contributed by atoms with van der Waals surface area (Å²) in [5, 5.41) is 5.47. The summed E-state index contributed by atoms with van der Waals surface area (Å²) in [5.74, 6) is -1.54. The van der Waals surface area contributed by atoms with Crippen LogP contribution in [0.5, 0.6) is 0 Å². The largest absolute Gasteiger partial charge is 0.368 e. The van der Waals surface area contributed by atoms with E-state index < -0.39 is 35.8 Å². The second-order valence-corrected chi connectivity index (χ2v) is 8.97. The molecule has 0 saturated heterocycles. The summed E-state index contributed by atoms with van der Waals surface area (Å²) in [6.07, 6.45) is 3.92. The van der Waals surface area contributed by atoms with Crippen molar-refractivity contribution in [3.05, 3.63) is 60.2 Å². The molecule has 2 rings (SSSR count). The predicted octanol–water partition coefficient (Wildman–Crippen LogP) is 0.936. The number of carbonyl (C=O) groups excluding carboxylic acids is 3. The molecule has 2 aromatic rings. The first-order valence-electron chi connectivity index (χ1n) is 12.6. The standard InChI is InChI=1S/C27H40N6O3/c28-16-6-4-10-22(30)26(35)33-24(27(36)32-23(25(31)34)11-5-7-17-29)18-19-12-14-21(15-13-19)20-8-2-1-3-9-20/h1-3,8-9,12-15,22-24H,4-7,10-11,16-18,28-30H2,(H2,31,34)(H,32,36)(H,33,35)/t22-,23-,24-/m0/s1. The molecular weight excluding hydrogens is 456 g/mol. The summed E-state index contributed by atoms with van der Waals surface area (Å²) >= 11 is 0. The fraction of sp³-hybridized carbons (Fsp3) is 0.444. The number of hydrogen-bond donors (Lipinski definition) is 6. The second kappa shape index (κ2) is 15.7. The Kier molecular flexibility index (Phi) is 12.6. The fourth-order valence-electron chi connectivity index (χ4n) is 3.88. The molecule has 0 aromatic heterocycles. The summed E-state index contributed by atoms with van der Waals surface area (Å²) in [5.41, 5.74) is 25.6. The molecule has 0 spiro atoms. The van der Waals surface area contributed by atoms with Crippen LogP contribution in [0.4, 0.5) is 0 Å². The van der Waals surface area contributed by atoms with Gasteiger partial charge in [0, 0.05) is 6.42 Å². The van der Waals surface area contributed by atoms with Crippen molar-refractivity contribution in [3.63, 3.8) is 0 Å². The predicted molar refractivity (Wildman–Crippen MR) is 142 cm³/mol. The van der Waals surface area contributed by atoms with Crippen molar-refractivity contribution in [1.29, 1.82) is 0 Å². The molecule has 0 radical (unpaired) electrons. The maximum absolute atomic E-state index is 13.2. The molecule has 0 saturated carbocycles. The van der Waals surface area contributed by atoms with E-state index in [0.717, 1.165) is 23.1 Å². The molecule has 10 N–H and O–H groups in total. The van der Waals surface area contributed by atoms with Crippen molar-refractivity contribution in [3.8, 4) is 11.1 Å². The highest BCUT2D eigenvalue weighted by Gasteiger charge is 2.27. The third-order valence-electron chi connectivity index (χ3n) is 6.05. The van der Waals surface area contributed by atoms with Gasteiger partial charge >= 0.3 is 0 Å². The molecule has 9 heteroatoms. The van der Waals surface area contributed by atoms with Gasteiger partial charge in [-0.1, -0.05) is 61.0 Å².